The number of methoxy groups -OCH3 is 1. The van der Waals surface area contributed by atoms with E-state index in [0.717, 1.165) is 0 Å². The Labute approximate surface area is 95.8 Å². The van der Waals surface area contributed by atoms with Gasteiger partial charge in [-0.1, -0.05) is 23.2 Å². The zero-order valence-corrected chi connectivity index (χ0v) is 9.21. The number of nitrogens with zero attached hydrogens (tertiary/aromatic N) is 2. The van der Waals surface area contributed by atoms with Gasteiger partial charge in [0.05, 0.1) is 13.4 Å². The second-order valence-electron chi connectivity index (χ2n) is 2.64. The molecule has 0 aromatic carbocycles. The molecule has 78 valence electrons. The third-order valence-corrected chi connectivity index (χ3v) is 2.24. The Morgan fingerprint density at radius 1 is 1.27 bits per heavy atom. The topological polar surface area (TPSA) is 48.2 Å². The highest BCUT2D eigenvalue weighted by Gasteiger charge is 2.14. The van der Waals surface area contributed by atoms with Crippen LogP contribution >= 0.6 is 23.2 Å². The summed E-state index contributed by atoms with van der Waals surface area (Å²) in [6.45, 7) is 0. The van der Waals surface area contributed by atoms with Gasteiger partial charge >= 0.3 is 0 Å². The lowest BCUT2D eigenvalue weighted by molar-refractivity contribution is 0.411. The number of halogens is 2. The summed E-state index contributed by atoms with van der Waals surface area (Å²) in [4.78, 5) is 8.00. The van der Waals surface area contributed by atoms with E-state index in [2.05, 4.69) is 9.97 Å². The molecule has 0 aliphatic heterocycles. The van der Waals surface area contributed by atoms with Crippen molar-refractivity contribution < 1.29 is 9.15 Å². The van der Waals surface area contributed by atoms with E-state index in [1.165, 1.54) is 13.4 Å². The van der Waals surface area contributed by atoms with Crippen LogP contribution in [0, 0.1) is 0 Å². The summed E-state index contributed by atoms with van der Waals surface area (Å²) in [5.74, 6) is 1.09. The van der Waals surface area contributed by atoms with Crippen LogP contribution in [-0.4, -0.2) is 17.1 Å². The summed E-state index contributed by atoms with van der Waals surface area (Å²) in [7, 11) is 1.45. The Balaban J connectivity index is 2.53. The standard InChI is InChI=1S/C9H6Cl2N2O2/c1-14-6-7(10)12-9(13-8(6)11)5-3-2-4-15-5/h2-4H,1H3. The first-order valence-electron chi connectivity index (χ1n) is 4.03. The fourth-order valence-electron chi connectivity index (χ4n) is 1.08. The molecule has 0 bridgehead atoms. The van der Waals surface area contributed by atoms with Crippen molar-refractivity contribution in [3.05, 3.63) is 28.7 Å². The third kappa shape index (κ3) is 1.91. The normalized spacial score (nSPS) is 10.3. The van der Waals surface area contributed by atoms with E-state index in [4.69, 9.17) is 32.4 Å². The highest BCUT2D eigenvalue weighted by molar-refractivity contribution is 6.35. The van der Waals surface area contributed by atoms with Gasteiger partial charge in [-0.25, -0.2) is 9.97 Å². The van der Waals surface area contributed by atoms with E-state index in [0.29, 0.717) is 11.6 Å². The van der Waals surface area contributed by atoms with Gasteiger partial charge in [0, 0.05) is 0 Å². The molecule has 4 nitrogen and oxygen atoms in total. The molecule has 0 unspecified atom stereocenters. The van der Waals surface area contributed by atoms with Crippen LogP contribution < -0.4 is 4.74 Å². The van der Waals surface area contributed by atoms with Gasteiger partial charge in [-0.2, -0.15) is 0 Å². The molecule has 0 radical (unpaired) electrons. The van der Waals surface area contributed by atoms with Crippen molar-refractivity contribution in [3.63, 3.8) is 0 Å². The highest BCUT2D eigenvalue weighted by Crippen LogP contribution is 2.31. The molecule has 0 amide bonds. The molecule has 2 aromatic rings. The lowest BCUT2D eigenvalue weighted by atomic mass is 10.4. The summed E-state index contributed by atoms with van der Waals surface area (Å²) in [6, 6.07) is 3.44. The maximum Gasteiger partial charge on any atom is 0.198 e. The van der Waals surface area contributed by atoms with Crippen molar-refractivity contribution in [2.45, 2.75) is 0 Å². The smallest absolute Gasteiger partial charge is 0.198 e. The average molecular weight is 245 g/mol. The Morgan fingerprint density at radius 3 is 2.40 bits per heavy atom. The number of aromatic nitrogens is 2. The summed E-state index contributed by atoms with van der Waals surface area (Å²) in [5, 5.41) is 0.313. The SMILES string of the molecule is COc1c(Cl)nc(-c2ccco2)nc1Cl. The van der Waals surface area contributed by atoms with Gasteiger partial charge in [0.2, 0.25) is 0 Å². The molecule has 0 aliphatic rings. The fraction of sp³-hybridized carbons (Fsp3) is 0.111. The largest absolute Gasteiger partial charge is 0.491 e. The zero-order valence-electron chi connectivity index (χ0n) is 7.70. The Morgan fingerprint density at radius 2 is 1.93 bits per heavy atom. The molecule has 15 heavy (non-hydrogen) atoms. The number of hydrogen-bond donors (Lipinski definition) is 0. The minimum atomic E-state index is 0.156. The summed E-state index contributed by atoms with van der Waals surface area (Å²) in [5.41, 5.74) is 0. The van der Waals surface area contributed by atoms with Crippen molar-refractivity contribution in [2.75, 3.05) is 7.11 Å². The molecule has 2 rings (SSSR count). The van der Waals surface area contributed by atoms with Gasteiger partial charge in [-0.3, -0.25) is 0 Å². The first-order valence-corrected chi connectivity index (χ1v) is 4.79. The number of ether oxygens (including phenoxy) is 1. The first-order chi connectivity index (χ1) is 7.22. The van der Waals surface area contributed by atoms with Gasteiger partial charge in [-0.15, -0.1) is 0 Å². The molecule has 2 heterocycles. The van der Waals surface area contributed by atoms with E-state index in [1.807, 2.05) is 0 Å². The van der Waals surface area contributed by atoms with Gasteiger partial charge in [0.25, 0.3) is 0 Å². The van der Waals surface area contributed by atoms with Crippen LogP contribution in [0.2, 0.25) is 10.3 Å². The average Bonchev–Trinajstić information content (AvgIpc) is 2.69. The molecular formula is C9H6Cl2N2O2. The van der Waals surface area contributed by atoms with Crippen LogP contribution in [0.15, 0.2) is 22.8 Å². The quantitative estimate of drug-likeness (QED) is 0.763. The predicted octanol–water partition coefficient (Wildman–Crippen LogP) is 3.05. The second kappa shape index (κ2) is 4.08. The number of rotatable bonds is 2. The predicted molar refractivity (Wildman–Crippen MR) is 56.3 cm³/mol. The van der Waals surface area contributed by atoms with Crippen LogP contribution in [0.1, 0.15) is 0 Å². The van der Waals surface area contributed by atoms with Gasteiger partial charge in [-0.05, 0) is 12.1 Å². The minimum absolute atomic E-state index is 0.156. The highest BCUT2D eigenvalue weighted by atomic mass is 35.5. The summed E-state index contributed by atoms with van der Waals surface area (Å²) < 4.78 is 10.0. The maximum absolute atomic E-state index is 5.85. The van der Waals surface area contributed by atoms with Crippen LogP contribution in [0.5, 0.6) is 5.75 Å². The van der Waals surface area contributed by atoms with E-state index in [9.17, 15) is 0 Å². The van der Waals surface area contributed by atoms with Crippen LogP contribution in [0.3, 0.4) is 0 Å². The van der Waals surface area contributed by atoms with Crippen molar-refractivity contribution >= 4 is 23.2 Å². The molecule has 0 N–H and O–H groups in total. The monoisotopic (exact) mass is 244 g/mol. The van der Waals surface area contributed by atoms with Crippen molar-refractivity contribution in [2.24, 2.45) is 0 Å². The van der Waals surface area contributed by atoms with Crippen molar-refractivity contribution in [1.82, 2.24) is 9.97 Å². The minimum Gasteiger partial charge on any atom is -0.491 e. The van der Waals surface area contributed by atoms with Crippen molar-refractivity contribution in [3.8, 4) is 17.3 Å². The van der Waals surface area contributed by atoms with E-state index in [-0.39, 0.29) is 16.1 Å². The van der Waals surface area contributed by atoms with Crippen LogP contribution in [0.4, 0.5) is 0 Å². The van der Waals surface area contributed by atoms with Gasteiger partial charge < -0.3 is 9.15 Å². The fourth-order valence-corrected chi connectivity index (χ4v) is 1.62. The van der Waals surface area contributed by atoms with Gasteiger partial charge in [0.1, 0.15) is 0 Å². The van der Waals surface area contributed by atoms with E-state index >= 15 is 0 Å². The Bertz CT molecular complexity index is 448. The molecule has 0 spiro atoms. The van der Waals surface area contributed by atoms with Crippen LogP contribution in [-0.2, 0) is 0 Å². The number of furan rings is 1. The molecule has 0 atom stereocenters. The molecule has 0 aliphatic carbocycles. The molecule has 6 heteroatoms. The number of hydrogen-bond acceptors (Lipinski definition) is 4. The Hall–Kier alpha value is -1.26. The molecular weight excluding hydrogens is 239 g/mol. The van der Waals surface area contributed by atoms with E-state index < -0.39 is 0 Å². The lowest BCUT2D eigenvalue weighted by Gasteiger charge is -2.04. The first kappa shape index (κ1) is 10.3. The maximum atomic E-state index is 5.85. The Kier molecular flexibility index (Phi) is 2.79. The molecule has 0 saturated carbocycles. The molecule has 0 saturated heterocycles. The zero-order chi connectivity index (χ0) is 10.8. The molecule has 2 aromatic heterocycles. The second-order valence-corrected chi connectivity index (χ2v) is 3.36. The third-order valence-electron chi connectivity index (χ3n) is 1.73. The van der Waals surface area contributed by atoms with Crippen molar-refractivity contribution in [1.29, 1.82) is 0 Å². The summed E-state index contributed by atoms with van der Waals surface area (Å²) >= 11 is 11.7. The van der Waals surface area contributed by atoms with Gasteiger partial charge in [0.15, 0.2) is 27.6 Å². The summed E-state index contributed by atoms with van der Waals surface area (Å²) in [6.07, 6.45) is 1.52. The van der Waals surface area contributed by atoms with Crippen LogP contribution in [0.25, 0.3) is 11.6 Å². The van der Waals surface area contributed by atoms with E-state index in [1.54, 1.807) is 12.1 Å². The molecule has 0 fully saturated rings. The lowest BCUT2D eigenvalue weighted by Crippen LogP contribution is -1.94.